The van der Waals surface area contributed by atoms with Crippen molar-refractivity contribution in [2.45, 2.75) is 4.90 Å². The van der Waals surface area contributed by atoms with Gasteiger partial charge in [0.05, 0.1) is 37.9 Å². The second-order valence-corrected chi connectivity index (χ2v) is 8.28. The van der Waals surface area contributed by atoms with Crippen molar-refractivity contribution >= 4 is 23.6 Å². The molecule has 2 aliphatic heterocycles. The number of carbonyl (C=O) groups excluding carboxylic acids is 1. The fourth-order valence-electron chi connectivity index (χ4n) is 3.56. The maximum atomic E-state index is 13.1. The van der Waals surface area contributed by atoms with Gasteiger partial charge in [-0.1, -0.05) is 23.9 Å². The van der Waals surface area contributed by atoms with Crippen LogP contribution in [0.4, 0.5) is 0 Å². The molecule has 0 unspecified atom stereocenters. The molecule has 32 heavy (non-hydrogen) atoms. The van der Waals surface area contributed by atoms with E-state index < -0.39 is 0 Å². The Morgan fingerprint density at radius 1 is 1.09 bits per heavy atom. The monoisotopic (exact) mass is 457 g/mol. The van der Waals surface area contributed by atoms with Crippen LogP contribution < -0.4 is 18.9 Å². The summed E-state index contributed by atoms with van der Waals surface area (Å²) in [6.07, 6.45) is 3.32. The third-order valence-corrected chi connectivity index (χ3v) is 6.21. The van der Waals surface area contributed by atoms with Gasteiger partial charge in [-0.25, -0.2) is 0 Å². The minimum absolute atomic E-state index is 0.128. The molecular formula is C24H27NO6S. The topological polar surface area (TPSA) is 66.5 Å². The average molecular weight is 458 g/mol. The highest BCUT2D eigenvalue weighted by atomic mass is 32.2. The molecule has 0 aliphatic carbocycles. The largest absolute Gasteiger partial charge is 0.493 e. The fourth-order valence-corrected chi connectivity index (χ4v) is 4.34. The third kappa shape index (κ3) is 5.38. The molecule has 2 aliphatic rings. The molecule has 2 heterocycles. The van der Waals surface area contributed by atoms with Crippen LogP contribution in [0.25, 0.3) is 6.08 Å². The summed E-state index contributed by atoms with van der Waals surface area (Å²) in [5.41, 5.74) is 1.37. The number of ketones is 1. The smallest absolute Gasteiger partial charge is 0.189 e. The Kier molecular flexibility index (Phi) is 7.57. The van der Waals surface area contributed by atoms with Crippen LogP contribution >= 0.6 is 11.8 Å². The van der Waals surface area contributed by atoms with E-state index in [0.29, 0.717) is 35.4 Å². The molecule has 0 radical (unpaired) electrons. The van der Waals surface area contributed by atoms with Gasteiger partial charge in [0.2, 0.25) is 0 Å². The van der Waals surface area contributed by atoms with Crippen molar-refractivity contribution in [2.24, 2.45) is 0 Å². The van der Waals surface area contributed by atoms with Crippen molar-refractivity contribution in [3.05, 3.63) is 47.5 Å². The predicted octanol–water partition coefficient (Wildman–Crippen LogP) is 3.75. The zero-order valence-electron chi connectivity index (χ0n) is 18.3. The summed E-state index contributed by atoms with van der Waals surface area (Å²) < 4.78 is 27.7. The van der Waals surface area contributed by atoms with Gasteiger partial charge < -0.3 is 23.7 Å². The second-order valence-electron chi connectivity index (χ2n) is 7.32. The highest BCUT2D eigenvalue weighted by Crippen LogP contribution is 2.41. The summed E-state index contributed by atoms with van der Waals surface area (Å²) in [4.78, 5) is 16.3. The Bertz CT molecular complexity index is 987. The molecule has 1 saturated heterocycles. The van der Waals surface area contributed by atoms with E-state index in [2.05, 4.69) is 4.90 Å². The van der Waals surface area contributed by atoms with Crippen LogP contribution in [0.1, 0.15) is 15.9 Å². The van der Waals surface area contributed by atoms with Gasteiger partial charge in [-0.15, -0.1) is 0 Å². The highest BCUT2D eigenvalue weighted by Gasteiger charge is 2.21. The molecule has 2 aromatic rings. The summed E-state index contributed by atoms with van der Waals surface area (Å²) in [7, 11) is 3.17. The Balaban J connectivity index is 1.49. The highest BCUT2D eigenvalue weighted by molar-refractivity contribution is 7.99. The lowest BCUT2D eigenvalue weighted by Crippen LogP contribution is -2.38. The molecule has 0 bridgehead atoms. The summed E-state index contributed by atoms with van der Waals surface area (Å²) >= 11 is 1.57. The van der Waals surface area contributed by atoms with Crippen LogP contribution in [0.2, 0.25) is 0 Å². The quantitative estimate of drug-likeness (QED) is 0.417. The molecule has 4 rings (SSSR count). The van der Waals surface area contributed by atoms with Gasteiger partial charge in [-0.05, 0) is 29.8 Å². The minimum atomic E-state index is -0.128. The first-order valence-corrected chi connectivity index (χ1v) is 11.5. The predicted molar refractivity (Wildman–Crippen MR) is 123 cm³/mol. The summed E-state index contributed by atoms with van der Waals surface area (Å²) in [5.74, 6) is 2.97. The van der Waals surface area contributed by atoms with Crippen molar-refractivity contribution in [3.63, 3.8) is 0 Å². The summed E-state index contributed by atoms with van der Waals surface area (Å²) in [5, 5.41) is 0. The lowest BCUT2D eigenvalue weighted by molar-refractivity contribution is 0.0322. The van der Waals surface area contributed by atoms with Crippen molar-refractivity contribution in [2.75, 3.05) is 59.6 Å². The first-order chi connectivity index (χ1) is 15.7. The van der Waals surface area contributed by atoms with E-state index in [1.54, 1.807) is 38.1 Å². The average Bonchev–Trinajstić information content (AvgIpc) is 3.30. The first kappa shape index (κ1) is 22.5. The molecule has 0 atom stereocenters. The fraction of sp³-hybridized carbons (Fsp3) is 0.375. The number of methoxy groups -OCH3 is 2. The van der Waals surface area contributed by atoms with Gasteiger partial charge in [-0.2, -0.15) is 0 Å². The van der Waals surface area contributed by atoms with Crippen LogP contribution in [-0.2, 0) is 4.74 Å². The van der Waals surface area contributed by atoms with Crippen LogP contribution in [-0.4, -0.2) is 70.3 Å². The molecule has 0 amide bonds. The van der Waals surface area contributed by atoms with Crippen molar-refractivity contribution in [1.29, 1.82) is 0 Å². The number of hydrogen-bond donors (Lipinski definition) is 0. The third-order valence-electron chi connectivity index (χ3n) is 5.34. The standard InChI is InChI=1S/C24H27NO6S/c1-27-20-6-4-17(13-22(20)28-2)3-5-19(26)18-14-24-23(31-16-32-24)15-21(18)30-12-9-25-7-10-29-11-8-25/h3-6,13-15H,7-12,16H2,1-2H3. The zero-order valence-corrected chi connectivity index (χ0v) is 19.1. The van der Waals surface area contributed by atoms with Crippen LogP contribution in [0.3, 0.4) is 0 Å². The molecule has 7 nitrogen and oxygen atoms in total. The number of benzene rings is 2. The SMILES string of the molecule is COc1ccc(C=CC(=O)c2cc3c(cc2OCCN2CCOCC2)OCS3)cc1OC. The lowest BCUT2D eigenvalue weighted by atomic mass is 10.1. The molecule has 1 fully saturated rings. The molecule has 2 aromatic carbocycles. The van der Waals surface area contributed by atoms with Gasteiger partial charge >= 0.3 is 0 Å². The number of rotatable bonds is 9. The van der Waals surface area contributed by atoms with Crippen LogP contribution in [0.15, 0.2) is 41.3 Å². The maximum Gasteiger partial charge on any atom is 0.189 e. The Morgan fingerprint density at radius 3 is 2.69 bits per heavy atom. The second kappa shape index (κ2) is 10.8. The van der Waals surface area contributed by atoms with E-state index in [4.69, 9.17) is 23.7 Å². The van der Waals surface area contributed by atoms with E-state index in [9.17, 15) is 4.79 Å². The van der Waals surface area contributed by atoms with Gasteiger partial charge in [0.1, 0.15) is 24.0 Å². The number of fused-ring (bicyclic) bond motifs is 1. The van der Waals surface area contributed by atoms with Crippen molar-refractivity contribution in [3.8, 4) is 23.0 Å². The van der Waals surface area contributed by atoms with Gasteiger partial charge in [0.25, 0.3) is 0 Å². The van der Waals surface area contributed by atoms with Gasteiger partial charge in [0, 0.05) is 25.7 Å². The molecule has 0 spiro atoms. The molecule has 0 saturated carbocycles. The maximum absolute atomic E-state index is 13.1. The van der Waals surface area contributed by atoms with E-state index in [0.717, 1.165) is 49.1 Å². The molecular weight excluding hydrogens is 430 g/mol. The summed E-state index contributed by atoms with van der Waals surface area (Å²) in [6, 6.07) is 9.20. The zero-order chi connectivity index (χ0) is 22.3. The van der Waals surface area contributed by atoms with Gasteiger partial charge in [-0.3, -0.25) is 9.69 Å². The molecule has 8 heteroatoms. The van der Waals surface area contributed by atoms with Crippen LogP contribution in [0, 0.1) is 0 Å². The van der Waals surface area contributed by atoms with E-state index in [1.165, 1.54) is 0 Å². The van der Waals surface area contributed by atoms with E-state index in [-0.39, 0.29) is 5.78 Å². The van der Waals surface area contributed by atoms with E-state index >= 15 is 0 Å². The minimum Gasteiger partial charge on any atom is -0.493 e. The Morgan fingerprint density at radius 2 is 1.91 bits per heavy atom. The Labute approximate surface area is 192 Å². The molecule has 0 aromatic heterocycles. The number of allylic oxidation sites excluding steroid dienone is 1. The van der Waals surface area contributed by atoms with Crippen molar-refractivity contribution in [1.82, 2.24) is 4.90 Å². The lowest BCUT2D eigenvalue weighted by Gasteiger charge is -2.26. The Hall–Kier alpha value is -2.68. The number of hydrogen-bond acceptors (Lipinski definition) is 8. The first-order valence-electron chi connectivity index (χ1n) is 10.5. The normalized spacial score (nSPS) is 15.9. The molecule has 0 N–H and O–H groups in total. The summed E-state index contributed by atoms with van der Waals surface area (Å²) in [6.45, 7) is 4.56. The number of thioether (sulfide) groups is 1. The van der Waals surface area contributed by atoms with Crippen LogP contribution in [0.5, 0.6) is 23.0 Å². The van der Waals surface area contributed by atoms with E-state index in [1.807, 2.05) is 30.3 Å². The number of carbonyl (C=O) groups is 1. The van der Waals surface area contributed by atoms with Crippen molar-refractivity contribution < 1.29 is 28.5 Å². The number of nitrogens with zero attached hydrogens (tertiary/aromatic N) is 1. The van der Waals surface area contributed by atoms with Gasteiger partial charge in [0.15, 0.2) is 17.3 Å². The number of ether oxygens (including phenoxy) is 5. The number of morpholine rings is 1. The molecule has 170 valence electrons.